The van der Waals surface area contributed by atoms with Gasteiger partial charge in [-0.15, -0.1) is 0 Å². The Morgan fingerprint density at radius 3 is 2.41 bits per heavy atom. The van der Waals surface area contributed by atoms with E-state index in [0.717, 1.165) is 22.3 Å². The van der Waals surface area contributed by atoms with Gasteiger partial charge in [0.2, 0.25) is 0 Å². The Kier molecular flexibility index (Phi) is 4.62. The third-order valence-electron chi connectivity index (χ3n) is 5.86. The van der Waals surface area contributed by atoms with Gasteiger partial charge in [0.15, 0.2) is 0 Å². The second-order valence-corrected chi connectivity index (χ2v) is 9.03. The first kappa shape index (κ1) is 19.0. The Bertz CT molecular complexity index is 1500. The van der Waals surface area contributed by atoms with Crippen LogP contribution in [0.25, 0.3) is 21.9 Å². The first-order chi connectivity index (χ1) is 15.8. The van der Waals surface area contributed by atoms with Crippen molar-refractivity contribution in [3.8, 4) is 0 Å². The fourth-order valence-electron chi connectivity index (χ4n) is 4.42. The second-order valence-electron chi connectivity index (χ2n) is 7.94. The van der Waals surface area contributed by atoms with Crippen molar-refractivity contribution in [2.75, 3.05) is 0 Å². The van der Waals surface area contributed by atoms with E-state index >= 15 is 0 Å². The van der Waals surface area contributed by atoms with Crippen LogP contribution in [-0.4, -0.2) is 9.97 Å². The summed E-state index contributed by atoms with van der Waals surface area (Å²) in [6, 6.07) is 32.0. The van der Waals surface area contributed by atoms with Crippen LogP contribution in [0.4, 0.5) is 0 Å². The number of benzene rings is 3. The first-order valence-electron chi connectivity index (χ1n) is 10.7. The minimum Gasteiger partial charge on any atom is -0.256 e. The van der Waals surface area contributed by atoms with E-state index < -0.39 is 0 Å². The molecular formula is C29H20N2S. The normalized spacial score (nSPS) is 14.0. The lowest BCUT2D eigenvalue weighted by atomic mass is 9.87. The van der Waals surface area contributed by atoms with Crippen molar-refractivity contribution < 1.29 is 0 Å². The summed E-state index contributed by atoms with van der Waals surface area (Å²) in [6.45, 7) is 2.15. The van der Waals surface area contributed by atoms with E-state index in [2.05, 4.69) is 91.9 Å². The molecule has 32 heavy (non-hydrogen) atoms. The van der Waals surface area contributed by atoms with E-state index in [9.17, 15) is 0 Å². The summed E-state index contributed by atoms with van der Waals surface area (Å²) in [5.74, 6) is 0. The van der Waals surface area contributed by atoms with E-state index in [-0.39, 0.29) is 0 Å². The third-order valence-corrected chi connectivity index (χ3v) is 7.01. The number of aryl methyl sites for hydroxylation is 1. The summed E-state index contributed by atoms with van der Waals surface area (Å²) in [7, 11) is 0. The molecule has 1 aliphatic rings. The Morgan fingerprint density at radius 1 is 0.688 bits per heavy atom. The highest BCUT2D eigenvalue weighted by Gasteiger charge is 2.27. The van der Waals surface area contributed by atoms with Crippen molar-refractivity contribution in [1.82, 2.24) is 9.97 Å². The molecule has 0 radical (unpaired) electrons. The maximum absolute atomic E-state index is 4.92. The molecule has 0 fully saturated rings. The summed E-state index contributed by atoms with van der Waals surface area (Å²) >= 11 is 1.83. The van der Waals surface area contributed by atoms with Gasteiger partial charge in [-0.25, -0.2) is 0 Å². The Balaban J connectivity index is 1.81. The molecule has 0 bridgehead atoms. The number of fused-ring (bicyclic) bond motifs is 3. The van der Waals surface area contributed by atoms with Crippen molar-refractivity contribution in [3.63, 3.8) is 0 Å². The maximum Gasteiger partial charge on any atom is 0.0808 e. The van der Waals surface area contributed by atoms with E-state index in [1.807, 2.05) is 30.2 Å². The van der Waals surface area contributed by atoms with Crippen molar-refractivity contribution in [2.24, 2.45) is 0 Å². The molecule has 0 unspecified atom stereocenters. The molecule has 0 saturated heterocycles. The highest BCUT2D eigenvalue weighted by molar-refractivity contribution is 7.99. The average molecular weight is 429 g/mol. The zero-order valence-electron chi connectivity index (χ0n) is 17.6. The number of hydrogen-bond acceptors (Lipinski definition) is 3. The number of aromatic nitrogens is 2. The molecule has 3 aromatic carbocycles. The maximum atomic E-state index is 4.92. The monoisotopic (exact) mass is 428 g/mol. The average Bonchev–Trinajstić information content (AvgIpc) is 2.85. The minimum atomic E-state index is 0.931. The van der Waals surface area contributed by atoms with Crippen molar-refractivity contribution in [1.29, 1.82) is 0 Å². The molecule has 2 nitrogen and oxygen atoms in total. The lowest BCUT2D eigenvalue weighted by molar-refractivity contribution is 1.22. The minimum absolute atomic E-state index is 0.931. The molecule has 6 rings (SSSR count). The van der Waals surface area contributed by atoms with E-state index in [4.69, 9.17) is 9.97 Å². The van der Waals surface area contributed by atoms with Gasteiger partial charge in [-0.2, -0.15) is 0 Å². The van der Waals surface area contributed by atoms with Crippen LogP contribution in [-0.2, 0) is 0 Å². The summed E-state index contributed by atoms with van der Waals surface area (Å²) in [5.41, 5.74) is 7.87. The third kappa shape index (κ3) is 3.14. The number of pyridine rings is 2. The van der Waals surface area contributed by atoms with Gasteiger partial charge in [0.25, 0.3) is 0 Å². The van der Waals surface area contributed by atoms with Crippen LogP contribution in [0.5, 0.6) is 0 Å². The van der Waals surface area contributed by atoms with Gasteiger partial charge in [-0.05, 0) is 53.8 Å². The van der Waals surface area contributed by atoms with Gasteiger partial charge < -0.3 is 0 Å². The van der Waals surface area contributed by atoms with Crippen LogP contribution >= 0.6 is 11.8 Å². The van der Waals surface area contributed by atoms with Gasteiger partial charge in [0.05, 0.1) is 11.4 Å². The molecule has 0 N–H and O–H groups in total. The standard InChI is InChI=1S/C29H20N2S/c1-19-13-14-26-23(18-19)27(22-10-4-5-12-25(22)32-26)28(24-11-6-7-16-30-24)29-21-9-3-2-8-20(21)15-17-31-29/h2-18H,1H3/b28-27+. The molecule has 1 aliphatic heterocycles. The first-order valence-corrected chi connectivity index (χ1v) is 11.5. The molecule has 3 heterocycles. The van der Waals surface area contributed by atoms with Gasteiger partial charge in [0.1, 0.15) is 0 Å². The fraction of sp³-hybridized carbons (Fsp3) is 0.0345. The largest absolute Gasteiger partial charge is 0.256 e. The molecular weight excluding hydrogens is 408 g/mol. The van der Waals surface area contributed by atoms with Gasteiger partial charge >= 0.3 is 0 Å². The zero-order chi connectivity index (χ0) is 21.5. The van der Waals surface area contributed by atoms with Crippen molar-refractivity contribution in [2.45, 2.75) is 16.7 Å². The number of hydrogen-bond donors (Lipinski definition) is 0. The van der Waals surface area contributed by atoms with Crippen LogP contribution in [0, 0.1) is 6.92 Å². The van der Waals surface area contributed by atoms with Gasteiger partial charge in [-0.1, -0.05) is 78.0 Å². The van der Waals surface area contributed by atoms with Crippen LogP contribution in [0.3, 0.4) is 0 Å². The predicted octanol–water partition coefficient (Wildman–Crippen LogP) is 7.41. The predicted molar refractivity (Wildman–Crippen MR) is 133 cm³/mol. The van der Waals surface area contributed by atoms with Crippen LogP contribution in [0.15, 0.2) is 113 Å². The van der Waals surface area contributed by atoms with Crippen molar-refractivity contribution in [3.05, 3.63) is 131 Å². The molecule has 0 atom stereocenters. The lowest BCUT2D eigenvalue weighted by Crippen LogP contribution is -2.06. The fourth-order valence-corrected chi connectivity index (χ4v) is 5.49. The van der Waals surface area contributed by atoms with Gasteiger partial charge in [-0.3, -0.25) is 9.97 Å². The number of rotatable bonds is 2. The Morgan fingerprint density at radius 2 is 1.50 bits per heavy atom. The smallest absolute Gasteiger partial charge is 0.0808 e. The Hall–Kier alpha value is -3.69. The second kappa shape index (κ2) is 7.77. The zero-order valence-corrected chi connectivity index (χ0v) is 18.4. The quantitative estimate of drug-likeness (QED) is 0.287. The van der Waals surface area contributed by atoms with Crippen molar-refractivity contribution >= 4 is 33.7 Å². The van der Waals surface area contributed by atoms with Crippen LogP contribution < -0.4 is 0 Å². The lowest BCUT2D eigenvalue weighted by Gasteiger charge is -2.25. The highest BCUT2D eigenvalue weighted by atomic mass is 32.2. The molecule has 0 saturated carbocycles. The molecule has 0 aliphatic carbocycles. The molecule has 0 amide bonds. The van der Waals surface area contributed by atoms with E-state index in [1.54, 1.807) is 0 Å². The van der Waals surface area contributed by atoms with Crippen LogP contribution in [0.1, 0.15) is 28.1 Å². The number of nitrogens with zero attached hydrogens (tertiary/aromatic N) is 2. The van der Waals surface area contributed by atoms with E-state index in [0.29, 0.717) is 0 Å². The SMILES string of the molecule is Cc1ccc2c(c1)/C(=C(\c1ccccn1)c1nccc3ccccc13)c1ccccc1S2. The molecule has 5 aromatic rings. The van der Waals surface area contributed by atoms with Gasteiger partial charge in [0, 0.05) is 38.7 Å². The molecule has 2 aromatic heterocycles. The molecule has 0 spiro atoms. The summed E-state index contributed by atoms with van der Waals surface area (Å²) < 4.78 is 0. The summed E-state index contributed by atoms with van der Waals surface area (Å²) in [6.07, 6.45) is 3.77. The summed E-state index contributed by atoms with van der Waals surface area (Å²) in [4.78, 5) is 12.2. The Labute approximate surface area is 191 Å². The van der Waals surface area contributed by atoms with E-state index in [1.165, 1.54) is 37.4 Å². The summed E-state index contributed by atoms with van der Waals surface area (Å²) in [5, 5.41) is 2.31. The topological polar surface area (TPSA) is 25.8 Å². The molecule has 152 valence electrons. The molecule has 3 heteroatoms. The highest BCUT2D eigenvalue weighted by Crippen LogP contribution is 2.49. The van der Waals surface area contributed by atoms with Crippen LogP contribution in [0.2, 0.25) is 0 Å².